The van der Waals surface area contributed by atoms with Crippen LogP contribution in [0.3, 0.4) is 0 Å². The Morgan fingerprint density at radius 1 is 0.786 bits per heavy atom. The van der Waals surface area contributed by atoms with Crippen molar-refractivity contribution in [3.05, 3.63) is 102 Å². The van der Waals surface area contributed by atoms with E-state index in [0.29, 0.717) is 0 Å². The van der Waals surface area contributed by atoms with Crippen molar-refractivity contribution >= 4 is 33.8 Å². The molecule has 0 aromatic heterocycles. The number of nitrogens with zero attached hydrogens (tertiary/aromatic N) is 1. The highest BCUT2D eigenvalue weighted by Gasteiger charge is 2.15. The van der Waals surface area contributed by atoms with E-state index in [1.54, 1.807) is 12.1 Å². The predicted molar refractivity (Wildman–Crippen MR) is 115 cm³/mol. The highest BCUT2D eigenvalue weighted by molar-refractivity contribution is 5.99. The van der Waals surface area contributed by atoms with Crippen molar-refractivity contribution in [2.45, 2.75) is 13.3 Å². The third-order valence-electron chi connectivity index (χ3n) is 4.98. The zero-order valence-electron chi connectivity index (χ0n) is 15.7. The summed E-state index contributed by atoms with van der Waals surface area (Å²) < 4.78 is 0. The normalized spacial score (nSPS) is 10.8. The van der Waals surface area contributed by atoms with Gasteiger partial charge in [0.25, 0.3) is 0 Å². The molecule has 4 rings (SSSR count). The van der Waals surface area contributed by atoms with Gasteiger partial charge in [0.2, 0.25) is 0 Å². The van der Waals surface area contributed by atoms with E-state index in [1.165, 1.54) is 5.56 Å². The number of aryl methyl sites for hydroxylation is 1. The summed E-state index contributed by atoms with van der Waals surface area (Å²) in [5, 5.41) is 11.5. The van der Waals surface area contributed by atoms with Crippen LogP contribution in [0.2, 0.25) is 0 Å². The van der Waals surface area contributed by atoms with Gasteiger partial charge in [0.15, 0.2) is 0 Å². The molecular formula is C25H21NO2. The van der Waals surface area contributed by atoms with Crippen LogP contribution in [0.4, 0.5) is 17.1 Å². The van der Waals surface area contributed by atoms with Crippen molar-refractivity contribution in [1.29, 1.82) is 0 Å². The Hall–Kier alpha value is -3.59. The van der Waals surface area contributed by atoms with Crippen molar-refractivity contribution in [3.8, 4) is 0 Å². The molecule has 0 radical (unpaired) electrons. The molecule has 0 aliphatic rings. The molecule has 0 heterocycles. The molecule has 0 spiro atoms. The minimum atomic E-state index is -0.921. The van der Waals surface area contributed by atoms with Gasteiger partial charge in [-0.2, -0.15) is 0 Å². The topological polar surface area (TPSA) is 40.5 Å². The monoisotopic (exact) mass is 367 g/mol. The number of hydrogen-bond donors (Lipinski definition) is 1. The number of fused-ring (bicyclic) bond motifs is 1. The van der Waals surface area contributed by atoms with Crippen LogP contribution in [0, 0.1) is 0 Å². The third-order valence-corrected chi connectivity index (χ3v) is 4.98. The molecule has 0 unspecified atom stereocenters. The van der Waals surface area contributed by atoms with Gasteiger partial charge in [0.05, 0.1) is 11.3 Å². The third kappa shape index (κ3) is 3.35. The molecule has 0 saturated heterocycles. The summed E-state index contributed by atoms with van der Waals surface area (Å²) in [6.07, 6.45) is 0.988. The maximum absolute atomic E-state index is 11.3. The number of carbonyl (C=O) groups is 1. The van der Waals surface area contributed by atoms with Gasteiger partial charge in [-0.05, 0) is 59.8 Å². The smallest absolute Gasteiger partial charge is 0.335 e. The summed E-state index contributed by atoms with van der Waals surface area (Å²) in [6.45, 7) is 2.14. The van der Waals surface area contributed by atoms with Crippen molar-refractivity contribution in [3.63, 3.8) is 0 Å². The maximum atomic E-state index is 11.3. The van der Waals surface area contributed by atoms with E-state index in [2.05, 4.69) is 66.4 Å². The lowest BCUT2D eigenvalue weighted by Crippen LogP contribution is -2.11. The van der Waals surface area contributed by atoms with Crippen LogP contribution < -0.4 is 4.90 Å². The predicted octanol–water partition coefficient (Wildman–Crippen LogP) is 6.57. The van der Waals surface area contributed by atoms with Gasteiger partial charge >= 0.3 is 5.97 Å². The summed E-state index contributed by atoms with van der Waals surface area (Å²) in [6, 6.07) is 30.1. The Kier molecular flexibility index (Phi) is 4.81. The molecule has 3 heteroatoms. The van der Waals surface area contributed by atoms with Gasteiger partial charge in [-0.15, -0.1) is 0 Å². The lowest BCUT2D eigenvalue weighted by Gasteiger charge is -2.27. The summed E-state index contributed by atoms with van der Waals surface area (Å²) in [5.74, 6) is -0.921. The summed E-state index contributed by atoms with van der Waals surface area (Å²) in [5.41, 5.74) is 4.58. The van der Waals surface area contributed by atoms with Gasteiger partial charge in [0.1, 0.15) is 0 Å². The van der Waals surface area contributed by atoms with Gasteiger partial charge in [-0.1, -0.05) is 55.5 Å². The second-order valence-electron chi connectivity index (χ2n) is 6.71. The first-order chi connectivity index (χ1) is 13.7. The molecule has 0 saturated carbocycles. The molecule has 0 aliphatic heterocycles. The molecule has 0 atom stereocenters. The highest BCUT2D eigenvalue weighted by atomic mass is 16.4. The fraction of sp³-hybridized carbons (Fsp3) is 0.0800. The molecule has 28 heavy (non-hydrogen) atoms. The van der Waals surface area contributed by atoms with Crippen LogP contribution in [0.5, 0.6) is 0 Å². The zero-order valence-corrected chi connectivity index (χ0v) is 15.7. The summed E-state index contributed by atoms with van der Waals surface area (Å²) >= 11 is 0. The number of rotatable bonds is 5. The number of hydrogen-bond acceptors (Lipinski definition) is 2. The Balaban J connectivity index is 1.91. The zero-order chi connectivity index (χ0) is 19.5. The molecule has 1 N–H and O–H groups in total. The minimum Gasteiger partial charge on any atom is -0.478 e. The number of carboxylic acid groups (broad SMARTS) is 1. The molecule has 0 aliphatic carbocycles. The number of benzene rings is 4. The first kappa shape index (κ1) is 17.8. The average molecular weight is 367 g/mol. The van der Waals surface area contributed by atoms with Crippen LogP contribution in [-0.4, -0.2) is 11.1 Å². The molecule has 3 nitrogen and oxygen atoms in total. The average Bonchev–Trinajstić information content (AvgIpc) is 2.75. The number of anilines is 3. The molecule has 0 fully saturated rings. The fourth-order valence-corrected chi connectivity index (χ4v) is 3.46. The van der Waals surface area contributed by atoms with E-state index in [-0.39, 0.29) is 5.56 Å². The molecule has 4 aromatic rings. The molecule has 0 bridgehead atoms. The largest absolute Gasteiger partial charge is 0.478 e. The van der Waals surface area contributed by atoms with Crippen LogP contribution >= 0.6 is 0 Å². The Morgan fingerprint density at radius 2 is 1.39 bits per heavy atom. The second kappa shape index (κ2) is 7.57. The van der Waals surface area contributed by atoms with E-state index in [9.17, 15) is 9.90 Å². The molecule has 0 amide bonds. The second-order valence-corrected chi connectivity index (χ2v) is 6.71. The van der Waals surface area contributed by atoms with E-state index >= 15 is 0 Å². The van der Waals surface area contributed by atoms with Crippen molar-refractivity contribution < 1.29 is 9.90 Å². The Labute approximate surface area is 164 Å². The quantitative estimate of drug-likeness (QED) is 0.434. The summed E-state index contributed by atoms with van der Waals surface area (Å²) in [4.78, 5) is 13.4. The summed E-state index contributed by atoms with van der Waals surface area (Å²) in [7, 11) is 0. The van der Waals surface area contributed by atoms with E-state index in [0.717, 1.165) is 34.3 Å². The van der Waals surface area contributed by atoms with E-state index in [1.807, 2.05) is 24.3 Å². The van der Waals surface area contributed by atoms with Crippen molar-refractivity contribution in [2.75, 3.05) is 4.90 Å². The van der Waals surface area contributed by atoms with Gasteiger partial charge in [-0.3, -0.25) is 0 Å². The first-order valence-electron chi connectivity index (χ1n) is 9.37. The molecular weight excluding hydrogens is 346 g/mol. The van der Waals surface area contributed by atoms with E-state index < -0.39 is 5.97 Å². The Bertz CT molecular complexity index is 1110. The fourth-order valence-electron chi connectivity index (χ4n) is 3.46. The maximum Gasteiger partial charge on any atom is 0.335 e. The lowest BCUT2D eigenvalue weighted by atomic mass is 10.1. The highest BCUT2D eigenvalue weighted by Crippen LogP contribution is 2.38. The number of aromatic carboxylic acids is 1. The lowest BCUT2D eigenvalue weighted by molar-refractivity contribution is 0.0697. The molecule has 138 valence electrons. The van der Waals surface area contributed by atoms with Gasteiger partial charge in [-0.25, -0.2) is 4.79 Å². The van der Waals surface area contributed by atoms with Crippen molar-refractivity contribution in [2.24, 2.45) is 0 Å². The van der Waals surface area contributed by atoms with Gasteiger partial charge < -0.3 is 10.0 Å². The van der Waals surface area contributed by atoms with Crippen molar-refractivity contribution in [1.82, 2.24) is 0 Å². The molecule has 4 aromatic carbocycles. The Morgan fingerprint density at radius 3 is 2.04 bits per heavy atom. The van der Waals surface area contributed by atoms with Crippen LogP contribution in [-0.2, 0) is 6.42 Å². The first-order valence-corrected chi connectivity index (χ1v) is 9.37. The van der Waals surface area contributed by atoms with Crippen LogP contribution in [0.1, 0.15) is 22.8 Å². The van der Waals surface area contributed by atoms with E-state index in [4.69, 9.17) is 0 Å². The van der Waals surface area contributed by atoms with Crippen LogP contribution in [0.25, 0.3) is 10.8 Å². The minimum absolute atomic E-state index is 0.281. The standard InChI is InChI=1S/C25H21NO2/c1-2-18-10-14-21(15-11-18)26(22-16-12-20(13-17-22)25(27)28)24-9-5-7-19-6-3-4-8-23(19)24/h3-17H,2H2,1H3,(H,27,28). The van der Waals surface area contributed by atoms with Crippen LogP contribution in [0.15, 0.2) is 91.0 Å². The number of carboxylic acids is 1. The van der Waals surface area contributed by atoms with Gasteiger partial charge in [0, 0.05) is 16.8 Å². The SMILES string of the molecule is CCc1ccc(N(c2ccc(C(=O)O)cc2)c2cccc3ccccc23)cc1.